The minimum absolute atomic E-state index is 0.355. The van der Waals surface area contributed by atoms with Crippen molar-refractivity contribution in [3.05, 3.63) is 52.5 Å². The number of nitrogens with two attached hydrogens (primary N) is 1. The first-order chi connectivity index (χ1) is 9.51. The Labute approximate surface area is 128 Å². The maximum atomic E-state index is 6.01. The maximum Gasteiger partial charge on any atom is 0.139 e. The van der Waals surface area contributed by atoms with E-state index in [0.717, 1.165) is 22.5 Å². The summed E-state index contributed by atoms with van der Waals surface area (Å²) in [4.78, 5) is 0.355. The van der Waals surface area contributed by atoms with Gasteiger partial charge in [0.15, 0.2) is 0 Å². The molecular weight excluding hydrogens is 292 g/mol. The van der Waals surface area contributed by atoms with Crippen molar-refractivity contribution in [1.82, 2.24) is 0 Å². The van der Waals surface area contributed by atoms with Gasteiger partial charge < -0.3 is 15.8 Å². The van der Waals surface area contributed by atoms with Gasteiger partial charge in [-0.1, -0.05) is 29.9 Å². The quantitative estimate of drug-likeness (QED) is 0.837. The van der Waals surface area contributed by atoms with Gasteiger partial charge in [-0.05, 0) is 36.8 Å². The molecule has 0 heterocycles. The molecule has 0 amide bonds. The molecular formula is C15H15ClN2OS. The third-order valence-electron chi connectivity index (χ3n) is 2.87. The summed E-state index contributed by atoms with van der Waals surface area (Å²) in [5, 5.41) is 3.86. The second-order valence-corrected chi connectivity index (χ2v) is 5.23. The summed E-state index contributed by atoms with van der Waals surface area (Å²) in [5.41, 5.74) is 9.39. The van der Waals surface area contributed by atoms with E-state index in [2.05, 4.69) is 5.32 Å². The predicted octanol–water partition coefficient (Wildman–Crippen LogP) is 4.03. The second kappa shape index (κ2) is 6.11. The molecule has 3 nitrogen and oxygen atoms in total. The molecule has 0 aliphatic carbocycles. The Bertz CT molecular complexity index is 658. The standard InChI is InChI=1S/C15H15ClN2OS/c1-9-3-5-11(15(17)20)13(7-9)18-10-4-6-12(16)14(8-10)19-2/h3-8,18H,1-2H3,(H2,17,20). The van der Waals surface area contributed by atoms with Gasteiger partial charge >= 0.3 is 0 Å². The van der Waals surface area contributed by atoms with Gasteiger partial charge in [-0.25, -0.2) is 0 Å². The van der Waals surface area contributed by atoms with E-state index >= 15 is 0 Å². The fraction of sp³-hybridized carbons (Fsp3) is 0.133. The number of anilines is 2. The van der Waals surface area contributed by atoms with E-state index in [1.807, 2.05) is 37.3 Å². The van der Waals surface area contributed by atoms with Gasteiger partial charge in [-0.3, -0.25) is 0 Å². The van der Waals surface area contributed by atoms with Crippen LogP contribution in [0, 0.1) is 6.92 Å². The van der Waals surface area contributed by atoms with E-state index in [1.165, 1.54) is 0 Å². The molecule has 0 aromatic heterocycles. The second-order valence-electron chi connectivity index (χ2n) is 4.39. The Morgan fingerprint density at radius 2 is 2.00 bits per heavy atom. The Morgan fingerprint density at radius 3 is 2.65 bits per heavy atom. The van der Waals surface area contributed by atoms with Gasteiger partial charge in [0.05, 0.1) is 12.1 Å². The van der Waals surface area contributed by atoms with E-state index in [-0.39, 0.29) is 0 Å². The van der Waals surface area contributed by atoms with Crippen LogP contribution in [-0.2, 0) is 0 Å². The number of halogens is 1. The lowest BCUT2D eigenvalue weighted by Crippen LogP contribution is -2.12. The third-order valence-corrected chi connectivity index (χ3v) is 3.40. The monoisotopic (exact) mass is 306 g/mol. The first kappa shape index (κ1) is 14.6. The number of nitrogens with one attached hydrogen (secondary N) is 1. The molecule has 2 aromatic rings. The number of hydrogen-bond donors (Lipinski definition) is 2. The summed E-state index contributed by atoms with van der Waals surface area (Å²) in [6.07, 6.45) is 0. The zero-order valence-electron chi connectivity index (χ0n) is 11.2. The van der Waals surface area contributed by atoms with Crippen LogP contribution >= 0.6 is 23.8 Å². The normalized spacial score (nSPS) is 10.2. The van der Waals surface area contributed by atoms with E-state index in [4.69, 9.17) is 34.3 Å². The van der Waals surface area contributed by atoms with Gasteiger partial charge in [0.2, 0.25) is 0 Å². The average molecular weight is 307 g/mol. The number of hydrogen-bond acceptors (Lipinski definition) is 3. The molecule has 0 unspecified atom stereocenters. The van der Waals surface area contributed by atoms with Crippen LogP contribution in [0.15, 0.2) is 36.4 Å². The summed E-state index contributed by atoms with van der Waals surface area (Å²) in [7, 11) is 1.58. The Hall–Kier alpha value is -1.78. The van der Waals surface area contributed by atoms with Crippen LogP contribution in [0.25, 0.3) is 0 Å². The summed E-state index contributed by atoms with van der Waals surface area (Å²) < 4.78 is 5.20. The smallest absolute Gasteiger partial charge is 0.139 e. The van der Waals surface area contributed by atoms with Crippen molar-refractivity contribution in [3.8, 4) is 5.75 Å². The molecule has 0 saturated carbocycles. The van der Waals surface area contributed by atoms with E-state index in [9.17, 15) is 0 Å². The summed E-state index contributed by atoms with van der Waals surface area (Å²) >= 11 is 11.1. The molecule has 0 radical (unpaired) electrons. The zero-order chi connectivity index (χ0) is 14.7. The highest BCUT2D eigenvalue weighted by Gasteiger charge is 2.07. The topological polar surface area (TPSA) is 47.3 Å². The summed E-state index contributed by atoms with van der Waals surface area (Å²) in [6, 6.07) is 11.4. The molecule has 0 atom stereocenters. The van der Waals surface area contributed by atoms with Crippen molar-refractivity contribution in [1.29, 1.82) is 0 Å². The van der Waals surface area contributed by atoms with Crippen molar-refractivity contribution in [2.75, 3.05) is 12.4 Å². The summed E-state index contributed by atoms with van der Waals surface area (Å²) in [5.74, 6) is 0.612. The molecule has 0 fully saturated rings. The van der Waals surface area contributed by atoms with E-state index < -0.39 is 0 Å². The number of rotatable bonds is 4. The fourth-order valence-corrected chi connectivity index (χ4v) is 2.24. The fourth-order valence-electron chi connectivity index (χ4n) is 1.87. The number of benzene rings is 2. The predicted molar refractivity (Wildman–Crippen MR) is 88.4 cm³/mol. The van der Waals surface area contributed by atoms with Crippen LogP contribution in [0.2, 0.25) is 5.02 Å². The minimum atomic E-state index is 0.355. The highest BCUT2D eigenvalue weighted by molar-refractivity contribution is 7.80. The molecule has 2 aromatic carbocycles. The van der Waals surface area contributed by atoms with Gasteiger partial charge in [-0.2, -0.15) is 0 Å². The molecule has 0 saturated heterocycles. The van der Waals surface area contributed by atoms with Crippen molar-refractivity contribution >= 4 is 40.2 Å². The molecule has 0 aliphatic heterocycles. The lowest BCUT2D eigenvalue weighted by atomic mass is 10.1. The lowest BCUT2D eigenvalue weighted by Gasteiger charge is -2.13. The molecule has 3 N–H and O–H groups in total. The van der Waals surface area contributed by atoms with Crippen LogP contribution in [-0.4, -0.2) is 12.1 Å². The molecule has 104 valence electrons. The molecule has 0 spiro atoms. The van der Waals surface area contributed by atoms with Gasteiger partial charge in [0, 0.05) is 23.0 Å². The number of thiocarbonyl (C=S) groups is 1. The summed E-state index contributed by atoms with van der Waals surface area (Å²) in [6.45, 7) is 2.01. The highest BCUT2D eigenvalue weighted by Crippen LogP contribution is 2.30. The van der Waals surface area contributed by atoms with Crippen LogP contribution in [0.1, 0.15) is 11.1 Å². The molecule has 0 bridgehead atoms. The van der Waals surface area contributed by atoms with E-state index in [0.29, 0.717) is 15.8 Å². The highest BCUT2D eigenvalue weighted by atomic mass is 35.5. The van der Waals surface area contributed by atoms with E-state index in [1.54, 1.807) is 13.2 Å². The number of aryl methyl sites for hydroxylation is 1. The minimum Gasteiger partial charge on any atom is -0.495 e. The maximum absolute atomic E-state index is 6.01. The Kier molecular flexibility index (Phi) is 4.47. The Morgan fingerprint density at radius 1 is 1.25 bits per heavy atom. The van der Waals surface area contributed by atoms with Crippen LogP contribution < -0.4 is 15.8 Å². The first-order valence-corrected chi connectivity index (χ1v) is 6.81. The van der Waals surface area contributed by atoms with Gasteiger partial charge in [0.1, 0.15) is 10.7 Å². The van der Waals surface area contributed by atoms with Crippen molar-refractivity contribution in [2.45, 2.75) is 6.92 Å². The average Bonchev–Trinajstić information content (AvgIpc) is 2.40. The van der Waals surface area contributed by atoms with Crippen molar-refractivity contribution < 1.29 is 4.74 Å². The SMILES string of the molecule is COc1cc(Nc2cc(C)ccc2C(N)=S)ccc1Cl. The van der Waals surface area contributed by atoms with Crippen LogP contribution in [0.4, 0.5) is 11.4 Å². The third kappa shape index (κ3) is 3.21. The largest absolute Gasteiger partial charge is 0.495 e. The van der Waals surface area contributed by atoms with Gasteiger partial charge in [-0.15, -0.1) is 0 Å². The van der Waals surface area contributed by atoms with Crippen LogP contribution in [0.3, 0.4) is 0 Å². The van der Waals surface area contributed by atoms with Crippen molar-refractivity contribution in [3.63, 3.8) is 0 Å². The van der Waals surface area contributed by atoms with Gasteiger partial charge in [0.25, 0.3) is 0 Å². The molecule has 20 heavy (non-hydrogen) atoms. The Balaban J connectivity index is 2.39. The molecule has 0 aliphatic rings. The number of ether oxygens (including phenoxy) is 1. The molecule has 5 heteroatoms. The number of methoxy groups -OCH3 is 1. The first-order valence-electron chi connectivity index (χ1n) is 6.02. The molecule has 2 rings (SSSR count). The van der Waals surface area contributed by atoms with Crippen LogP contribution in [0.5, 0.6) is 5.75 Å². The zero-order valence-corrected chi connectivity index (χ0v) is 12.8. The van der Waals surface area contributed by atoms with Crippen molar-refractivity contribution in [2.24, 2.45) is 5.73 Å². The lowest BCUT2D eigenvalue weighted by molar-refractivity contribution is 0.415.